The van der Waals surface area contributed by atoms with Gasteiger partial charge in [0.15, 0.2) is 0 Å². The molecule has 1 aromatic carbocycles. The van der Waals surface area contributed by atoms with Gasteiger partial charge in [0.05, 0.1) is 29.2 Å². The molecule has 0 saturated carbocycles. The van der Waals surface area contributed by atoms with Gasteiger partial charge >= 0.3 is 0 Å². The third-order valence-corrected chi connectivity index (χ3v) is 6.26. The smallest absolute Gasteiger partial charge is 0.257 e. The van der Waals surface area contributed by atoms with Crippen molar-refractivity contribution in [2.24, 2.45) is 0 Å². The molecule has 3 heterocycles. The predicted octanol–water partition coefficient (Wildman–Crippen LogP) is 3.17. The van der Waals surface area contributed by atoms with Gasteiger partial charge in [-0.15, -0.1) is 6.42 Å². The van der Waals surface area contributed by atoms with Gasteiger partial charge in [-0.05, 0) is 50.4 Å². The first kappa shape index (κ1) is 19.8. The van der Waals surface area contributed by atoms with E-state index >= 15 is 0 Å². The second kappa shape index (κ2) is 8.06. The normalized spacial score (nSPS) is 18.9. The number of terminal acetylenes is 1. The van der Waals surface area contributed by atoms with Gasteiger partial charge in [-0.3, -0.25) is 14.1 Å². The van der Waals surface area contributed by atoms with Gasteiger partial charge < -0.3 is 9.67 Å². The van der Waals surface area contributed by atoms with Gasteiger partial charge in [-0.1, -0.05) is 31.4 Å². The van der Waals surface area contributed by atoms with Gasteiger partial charge in [0.1, 0.15) is 5.65 Å². The standard InChI is InChI=1S/C24H29N3O2/c1-4-18-10-8-9-13-25(18)15-19(28)16-26-21-11-6-7-12-22(21)27-23(29)14-17(3)20(5-2)24(26)27/h2,6-7,11-12,14,18-19,28H,4,8-10,13,15-16H2,1,3H3. The number of hydrogen-bond acceptors (Lipinski definition) is 3. The first-order chi connectivity index (χ1) is 14.0. The van der Waals surface area contributed by atoms with Crippen molar-refractivity contribution in [3.8, 4) is 12.3 Å². The summed E-state index contributed by atoms with van der Waals surface area (Å²) in [6, 6.07) is 9.93. The summed E-state index contributed by atoms with van der Waals surface area (Å²) in [7, 11) is 0. The molecule has 2 aromatic heterocycles. The van der Waals surface area contributed by atoms with E-state index in [1.807, 2.05) is 35.8 Å². The highest BCUT2D eigenvalue weighted by atomic mass is 16.3. The number of likely N-dealkylation sites (tertiary alicyclic amines) is 1. The van der Waals surface area contributed by atoms with Crippen LogP contribution < -0.4 is 5.56 Å². The number of benzene rings is 1. The van der Waals surface area contributed by atoms with Crippen LogP contribution >= 0.6 is 0 Å². The first-order valence-corrected chi connectivity index (χ1v) is 10.6. The van der Waals surface area contributed by atoms with Crippen molar-refractivity contribution in [3.63, 3.8) is 0 Å². The van der Waals surface area contributed by atoms with Crippen LogP contribution in [0.15, 0.2) is 35.1 Å². The number of aliphatic hydroxyl groups is 1. The molecule has 0 spiro atoms. The van der Waals surface area contributed by atoms with Crippen molar-refractivity contribution in [2.45, 2.75) is 58.2 Å². The van der Waals surface area contributed by atoms with Crippen LogP contribution in [0.2, 0.25) is 0 Å². The van der Waals surface area contributed by atoms with Crippen molar-refractivity contribution in [1.29, 1.82) is 0 Å². The molecule has 0 amide bonds. The molecule has 0 aliphatic carbocycles. The van der Waals surface area contributed by atoms with E-state index in [-0.39, 0.29) is 5.56 Å². The topological polar surface area (TPSA) is 49.9 Å². The Kier molecular flexibility index (Phi) is 5.49. The Hall–Kier alpha value is -2.55. The fourth-order valence-electron chi connectivity index (χ4n) is 4.86. The third-order valence-electron chi connectivity index (χ3n) is 6.26. The molecule has 0 bridgehead atoms. The monoisotopic (exact) mass is 391 g/mol. The van der Waals surface area contributed by atoms with Crippen LogP contribution in [0.25, 0.3) is 16.7 Å². The molecule has 29 heavy (non-hydrogen) atoms. The Morgan fingerprint density at radius 2 is 2.00 bits per heavy atom. The fourth-order valence-corrected chi connectivity index (χ4v) is 4.86. The second-order valence-electron chi connectivity index (χ2n) is 8.15. The zero-order valence-electron chi connectivity index (χ0n) is 17.3. The van der Waals surface area contributed by atoms with Crippen molar-refractivity contribution in [1.82, 2.24) is 13.9 Å². The minimum atomic E-state index is -0.539. The number of nitrogens with zero attached hydrogens (tertiary/aromatic N) is 3. The Morgan fingerprint density at radius 3 is 2.72 bits per heavy atom. The summed E-state index contributed by atoms with van der Waals surface area (Å²) in [5.41, 5.74) is 3.83. The lowest BCUT2D eigenvalue weighted by Crippen LogP contribution is -2.44. The number of pyridine rings is 1. The van der Waals surface area contributed by atoms with Crippen molar-refractivity contribution < 1.29 is 5.11 Å². The maximum Gasteiger partial charge on any atom is 0.257 e. The minimum absolute atomic E-state index is 0.0944. The highest BCUT2D eigenvalue weighted by Gasteiger charge is 2.24. The molecular weight excluding hydrogens is 362 g/mol. The maximum absolute atomic E-state index is 12.8. The van der Waals surface area contributed by atoms with E-state index in [4.69, 9.17) is 6.42 Å². The largest absolute Gasteiger partial charge is 0.390 e. The molecule has 0 radical (unpaired) electrons. The van der Waals surface area contributed by atoms with Crippen molar-refractivity contribution >= 4 is 16.7 Å². The van der Waals surface area contributed by atoms with E-state index in [2.05, 4.69) is 17.7 Å². The molecule has 2 atom stereocenters. The van der Waals surface area contributed by atoms with E-state index in [9.17, 15) is 9.90 Å². The van der Waals surface area contributed by atoms with Crippen LogP contribution in [0.1, 0.15) is 43.7 Å². The van der Waals surface area contributed by atoms with E-state index in [1.54, 1.807) is 10.5 Å². The summed E-state index contributed by atoms with van der Waals surface area (Å²) in [5.74, 6) is 2.77. The van der Waals surface area contributed by atoms with Crippen molar-refractivity contribution in [3.05, 3.63) is 51.8 Å². The Balaban J connectivity index is 1.78. The summed E-state index contributed by atoms with van der Waals surface area (Å²) < 4.78 is 3.70. The van der Waals surface area contributed by atoms with Crippen LogP contribution in [-0.4, -0.2) is 44.2 Å². The highest BCUT2D eigenvalue weighted by Crippen LogP contribution is 2.25. The summed E-state index contributed by atoms with van der Waals surface area (Å²) in [4.78, 5) is 15.2. The summed E-state index contributed by atoms with van der Waals surface area (Å²) in [6.07, 6.45) is 10.1. The van der Waals surface area contributed by atoms with Crippen LogP contribution in [-0.2, 0) is 6.54 Å². The molecule has 2 unspecified atom stereocenters. The molecule has 152 valence electrons. The Morgan fingerprint density at radius 1 is 1.24 bits per heavy atom. The lowest BCUT2D eigenvalue weighted by molar-refractivity contribution is 0.0581. The number of aryl methyl sites for hydroxylation is 1. The number of aliphatic hydroxyl groups excluding tert-OH is 1. The van der Waals surface area contributed by atoms with Gasteiger partial charge in [0.2, 0.25) is 0 Å². The number of rotatable bonds is 5. The fraction of sp³-hybridized carbons (Fsp3) is 0.458. The molecule has 3 aromatic rings. The number of imidazole rings is 1. The number of aromatic nitrogens is 2. The Labute approximate surface area is 171 Å². The molecular formula is C24H29N3O2. The lowest BCUT2D eigenvalue weighted by Gasteiger charge is -2.36. The molecule has 5 nitrogen and oxygen atoms in total. The second-order valence-corrected chi connectivity index (χ2v) is 8.15. The summed E-state index contributed by atoms with van der Waals surface area (Å²) in [5, 5.41) is 11.0. The molecule has 1 saturated heterocycles. The average molecular weight is 392 g/mol. The molecule has 1 N–H and O–H groups in total. The van der Waals surface area contributed by atoms with Gasteiger partial charge in [0, 0.05) is 18.7 Å². The number of β-amino-alcohol motifs (C(OH)–C–C–N with tert-alkyl or cyclic N) is 1. The third kappa shape index (κ3) is 3.48. The van der Waals surface area contributed by atoms with E-state index in [1.165, 1.54) is 19.3 Å². The molecule has 4 rings (SSSR count). The highest BCUT2D eigenvalue weighted by molar-refractivity contribution is 5.84. The SMILES string of the molecule is C#Cc1c(C)cc(=O)n2c3ccccc3n(CC(O)CN3CCCCC3CC)c12. The van der Waals surface area contributed by atoms with Crippen LogP contribution in [0.3, 0.4) is 0 Å². The quantitative estimate of drug-likeness (QED) is 0.680. The van der Waals surface area contributed by atoms with E-state index < -0.39 is 6.10 Å². The summed E-state index contributed by atoms with van der Waals surface area (Å²) in [6.45, 7) is 6.17. The van der Waals surface area contributed by atoms with Crippen LogP contribution in [0, 0.1) is 19.3 Å². The molecule has 5 heteroatoms. The van der Waals surface area contributed by atoms with Gasteiger partial charge in [-0.25, -0.2) is 0 Å². The minimum Gasteiger partial charge on any atom is -0.390 e. The van der Waals surface area contributed by atoms with Gasteiger partial charge in [0.25, 0.3) is 5.56 Å². The van der Waals surface area contributed by atoms with Crippen molar-refractivity contribution in [2.75, 3.05) is 13.1 Å². The zero-order valence-corrected chi connectivity index (χ0v) is 17.3. The van der Waals surface area contributed by atoms with E-state index in [0.717, 1.165) is 29.6 Å². The van der Waals surface area contributed by atoms with Crippen LogP contribution in [0.4, 0.5) is 0 Å². The lowest BCUT2D eigenvalue weighted by atomic mass is 9.99. The van der Waals surface area contributed by atoms with Crippen LogP contribution in [0.5, 0.6) is 0 Å². The number of piperidine rings is 1. The zero-order chi connectivity index (χ0) is 20.5. The average Bonchev–Trinajstić information content (AvgIpc) is 3.03. The Bertz CT molecular complexity index is 1130. The number of fused-ring (bicyclic) bond motifs is 3. The first-order valence-electron chi connectivity index (χ1n) is 10.6. The molecule has 1 aliphatic heterocycles. The molecule has 1 aliphatic rings. The van der Waals surface area contributed by atoms with E-state index in [0.29, 0.717) is 30.3 Å². The van der Waals surface area contributed by atoms with Gasteiger partial charge in [-0.2, -0.15) is 0 Å². The number of hydrogen-bond donors (Lipinski definition) is 1. The molecule has 1 fully saturated rings. The number of para-hydroxylation sites is 2. The maximum atomic E-state index is 12.8. The summed E-state index contributed by atoms with van der Waals surface area (Å²) >= 11 is 0. The predicted molar refractivity (Wildman–Crippen MR) is 117 cm³/mol.